The summed E-state index contributed by atoms with van der Waals surface area (Å²) in [5, 5.41) is 1.22. The first-order chi connectivity index (χ1) is 8.22. The molecule has 17 heavy (non-hydrogen) atoms. The fourth-order valence-corrected chi connectivity index (χ4v) is 2.21. The van der Waals surface area contributed by atoms with Crippen molar-refractivity contribution in [1.82, 2.24) is 4.57 Å². The van der Waals surface area contributed by atoms with E-state index in [2.05, 4.69) is 10.6 Å². The number of nitrogens with zero attached hydrogens (tertiary/aromatic N) is 1. The SMILES string of the molecule is NCCc1cccn1Cc1cccc(Cl)c1Cl. The van der Waals surface area contributed by atoms with Crippen LogP contribution in [-0.2, 0) is 13.0 Å². The molecule has 0 saturated carbocycles. The molecule has 1 aromatic carbocycles. The minimum atomic E-state index is 0.594. The van der Waals surface area contributed by atoms with Crippen LogP contribution in [0.4, 0.5) is 0 Å². The molecule has 0 fully saturated rings. The number of halogens is 2. The van der Waals surface area contributed by atoms with Crippen molar-refractivity contribution in [3.8, 4) is 0 Å². The molecule has 2 nitrogen and oxygen atoms in total. The van der Waals surface area contributed by atoms with E-state index in [0.29, 0.717) is 16.6 Å². The second-order valence-corrected chi connectivity index (χ2v) is 4.66. The molecule has 2 rings (SSSR count). The van der Waals surface area contributed by atoms with E-state index in [1.165, 1.54) is 5.69 Å². The largest absolute Gasteiger partial charge is 0.347 e. The van der Waals surface area contributed by atoms with Crippen molar-refractivity contribution < 1.29 is 0 Å². The molecule has 2 aromatic rings. The summed E-state index contributed by atoms with van der Waals surface area (Å²) in [5.74, 6) is 0. The molecule has 2 N–H and O–H groups in total. The second kappa shape index (κ2) is 5.58. The van der Waals surface area contributed by atoms with E-state index in [1.807, 2.05) is 24.4 Å². The molecule has 4 heteroatoms. The van der Waals surface area contributed by atoms with Gasteiger partial charge in [-0.1, -0.05) is 35.3 Å². The van der Waals surface area contributed by atoms with Crippen LogP contribution in [0.3, 0.4) is 0 Å². The van der Waals surface area contributed by atoms with Gasteiger partial charge in [0.1, 0.15) is 0 Å². The predicted molar refractivity (Wildman–Crippen MR) is 72.8 cm³/mol. The van der Waals surface area contributed by atoms with Gasteiger partial charge in [-0.05, 0) is 36.7 Å². The smallest absolute Gasteiger partial charge is 0.0642 e. The highest BCUT2D eigenvalue weighted by Gasteiger charge is 2.06. The van der Waals surface area contributed by atoms with Crippen molar-refractivity contribution in [2.24, 2.45) is 5.73 Å². The Morgan fingerprint density at radius 3 is 2.71 bits per heavy atom. The van der Waals surface area contributed by atoms with Crippen molar-refractivity contribution in [2.45, 2.75) is 13.0 Å². The van der Waals surface area contributed by atoms with Gasteiger partial charge >= 0.3 is 0 Å². The molecule has 0 aliphatic rings. The van der Waals surface area contributed by atoms with E-state index in [4.69, 9.17) is 28.9 Å². The first-order valence-electron chi connectivity index (χ1n) is 5.49. The monoisotopic (exact) mass is 268 g/mol. The average molecular weight is 269 g/mol. The van der Waals surface area contributed by atoms with E-state index < -0.39 is 0 Å². The number of rotatable bonds is 4. The molecule has 0 radical (unpaired) electrons. The highest BCUT2D eigenvalue weighted by atomic mass is 35.5. The molecular formula is C13H14Cl2N2. The number of aromatic nitrogens is 1. The fraction of sp³-hybridized carbons (Fsp3) is 0.231. The lowest BCUT2D eigenvalue weighted by atomic mass is 10.2. The van der Waals surface area contributed by atoms with Gasteiger partial charge < -0.3 is 10.3 Å². The van der Waals surface area contributed by atoms with Crippen LogP contribution in [-0.4, -0.2) is 11.1 Å². The summed E-state index contributed by atoms with van der Waals surface area (Å²) >= 11 is 12.2. The molecular weight excluding hydrogens is 255 g/mol. The fourth-order valence-electron chi connectivity index (χ4n) is 1.83. The Kier molecular flexibility index (Phi) is 4.11. The minimum absolute atomic E-state index is 0.594. The maximum Gasteiger partial charge on any atom is 0.0642 e. The third-order valence-electron chi connectivity index (χ3n) is 2.70. The number of hydrogen-bond donors (Lipinski definition) is 1. The van der Waals surface area contributed by atoms with E-state index in [0.717, 1.165) is 18.5 Å². The lowest BCUT2D eigenvalue weighted by Crippen LogP contribution is -2.09. The summed E-state index contributed by atoms with van der Waals surface area (Å²) in [7, 11) is 0. The van der Waals surface area contributed by atoms with Gasteiger partial charge in [-0.3, -0.25) is 0 Å². The predicted octanol–water partition coefficient (Wildman–Crippen LogP) is 3.34. The molecule has 90 valence electrons. The van der Waals surface area contributed by atoms with Gasteiger partial charge in [0.25, 0.3) is 0 Å². The van der Waals surface area contributed by atoms with E-state index >= 15 is 0 Å². The summed E-state index contributed by atoms with van der Waals surface area (Å²) in [6.45, 7) is 1.37. The zero-order valence-corrected chi connectivity index (χ0v) is 10.9. The highest BCUT2D eigenvalue weighted by molar-refractivity contribution is 6.42. The minimum Gasteiger partial charge on any atom is -0.347 e. The number of hydrogen-bond acceptors (Lipinski definition) is 1. The van der Waals surface area contributed by atoms with E-state index in [9.17, 15) is 0 Å². The van der Waals surface area contributed by atoms with Gasteiger partial charge in [-0.25, -0.2) is 0 Å². The maximum atomic E-state index is 6.17. The summed E-state index contributed by atoms with van der Waals surface area (Å²) in [6, 6.07) is 9.79. The van der Waals surface area contributed by atoms with Crippen molar-refractivity contribution in [2.75, 3.05) is 6.54 Å². The summed E-state index contributed by atoms with van der Waals surface area (Å²) < 4.78 is 2.14. The quantitative estimate of drug-likeness (QED) is 0.906. The van der Waals surface area contributed by atoms with Crippen LogP contribution in [0.15, 0.2) is 36.5 Å². The lowest BCUT2D eigenvalue weighted by Gasteiger charge is -2.10. The van der Waals surface area contributed by atoms with Gasteiger partial charge in [0, 0.05) is 18.4 Å². The first kappa shape index (κ1) is 12.5. The van der Waals surface area contributed by atoms with Crippen molar-refractivity contribution in [3.63, 3.8) is 0 Å². The Morgan fingerprint density at radius 1 is 1.12 bits per heavy atom. The van der Waals surface area contributed by atoms with E-state index in [-0.39, 0.29) is 0 Å². The Hall–Kier alpha value is -0.960. The van der Waals surface area contributed by atoms with Crippen LogP contribution < -0.4 is 5.73 Å². The Balaban J connectivity index is 2.25. The Bertz CT molecular complexity index is 506. The highest BCUT2D eigenvalue weighted by Crippen LogP contribution is 2.26. The van der Waals surface area contributed by atoms with Crippen molar-refractivity contribution in [1.29, 1.82) is 0 Å². The van der Waals surface area contributed by atoms with Gasteiger partial charge in [0.2, 0.25) is 0 Å². The number of nitrogens with two attached hydrogens (primary N) is 1. The van der Waals surface area contributed by atoms with Gasteiger partial charge in [-0.15, -0.1) is 0 Å². The van der Waals surface area contributed by atoms with Crippen LogP contribution in [0.5, 0.6) is 0 Å². The molecule has 0 spiro atoms. The van der Waals surface area contributed by atoms with Crippen LogP contribution in [0.25, 0.3) is 0 Å². The normalized spacial score (nSPS) is 10.8. The second-order valence-electron chi connectivity index (χ2n) is 3.88. The molecule has 0 aliphatic carbocycles. The van der Waals surface area contributed by atoms with Crippen molar-refractivity contribution >= 4 is 23.2 Å². The van der Waals surface area contributed by atoms with Gasteiger partial charge in [0.05, 0.1) is 10.0 Å². The standard InChI is InChI=1S/C13H14Cl2N2/c14-12-5-1-3-10(13(12)15)9-17-8-2-4-11(17)6-7-16/h1-5,8H,6-7,9,16H2. The van der Waals surface area contributed by atoms with Crippen LogP contribution >= 0.6 is 23.2 Å². The Labute approximate surface area is 111 Å². The molecule has 0 unspecified atom stereocenters. The first-order valence-corrected chi connectivity index (χ1v) is 6.25. The van der Waals surface area contributed by atoms with E-state index in [1.54, 1.807) is 6.07 Å². The van der Waals surface area contributed by atoms with Gasteiger partial charge in [0.15, 0.2) is 0 Å². The molecule has 1 aromatic heterocycles. The zero-order valence-electron chi connectivity index (χ0n) is 9.37. The molecule has 0 bridgehead atoms. The van der Waals surface area contributed by atoms with Gasteiger partial charge in [-0.2, -0.15) is 0 Å². The van der Waals surface area contributed by atoms with Crippen LogP contribution in [0.1, 0.15) is 11.3 Å². The summed E-state index contributed by atoms with van der Waals surface area (Å²) in [6.07, 6.45) is 2.90. The van der Waals surface area contributed by atoms with Crippen LogP contribution in [0.2, 0.25) is 10.0 Å². The van der Waals surface area contributed by atoms with Crippen LogP contribution in [0, 0.1) is 0 Å². The topological polar surface area (TPSA) is 30.9 Å². The number of benzene rings is 1. The third-order valence-corrected chi connectivity index (χ3v) is 3.55. The average Bonchev–Trinajstić information content (AvgIpc) is 2.73. The molecule has 0 aliphatic heterocycles. The maximum absolute atomic E-state index is 6.17. The lowest BCUT2D eigenvalue weighted by molar-refractivity contribution is 0.736. The third kappa shape index (κ3) is 2.83. The zero-order chi connectivity index (χ0) is 12.3. The summed E-state index contributed by atoms with van der Waals surface area (Å²) in [4.78, 5) is 0. The molecule has 0 atom stereocenters. The molecule has 1 heterocycles. The van der Waals surface area contributed by atoms with Crippen molar-refractivity contribution in [3.05, 3.63) is 57.8 Å². The molecule has 0 saturated heterocycles. The molecule has 0 amide bonds. The Morgan fingerprint density at radius 2 is 1.94 bits per heavy atom. The summed E-state index contributed by atoms with van der Waals surface area (Å²) in [5.41, 5.74) is 7.81.